The van der Waals surface area contributed by atoms with Gasteiger partial charge in [0.25, 0.3) is 5.91 Å². The van der Waals surface area contributed by atoms with Crippen molar-refractivity contribution in [1.82, 2.24) is 15.0 Å². The number of aromatic nitrogens is 2. The van der Waals surface area contributed by atoms with Gasteiger partial charge in [-0.2, -0.15) is 4.98 Å². The molecule has 1 aromatic heterocycles. The molecule has 0 N–H and O–H groups in total. The third-order valence-corrected chi connectivity index (χ3v) is 5.05. The summed E-state index contributed by atoms with van der Waals surface area (Å²) >= 11 is 11.9. The highest BCUT2D eigenvalue weighted by molar-refractivity contribution is 6.35. The van der Waals surface area contributed by atoms with E-state index < -0.39 is 0 Å². The molecule has 0 unspecified atom stereocenters. The number of benzene rings is 2. The van der Waals surface area contributed by atoms with Crippen molar-refractivity contribution in [2.45, 2.75) is 12.3 Å². The Balaban J connectivity index is 1.27. The molecule has 4 rings (SSSR count). The van der Waals surface area contributed by atoms with Crippen molar-refractivity contribution in [1.29, 1.82) is 0 Å². The first-order chi connectivity index (χ1) is 13.6. The number of hydrogen-bond donors (Lipinski definition) is 0. The summed E-state index contributed by atoms with van der Waals surface area (Å²) in [5, 5.41) is 4.93. The molecule has 1 aliphatic heterocycles. The normalized spacial score (nSPS) is 14.0. The largest absolute Gasteiger partial charge is 0.482 e. The van der Waals surface area contributed by atoms with Crippen LogP contribution in [0.4, 0.5) is 0 Å². The molecule has 1 aliphatic rings. The minimum absolute atomic E-state index is 0.0556. The molecule has 0 saturated carbocycles. The number of amides is 1. The molecular formula is C20H17Cl2N3O3. The quantitative estimate of drug-likeness (QED) is 0.606. The van der Waals surface area contributed by atoms with E-state index in [9.17, 15) is 4.79 Å². The lowest BCUT2D eigenvalue weighted by atomic mass is 10.0. The third-order valence-electron chi connectivity index (χ3n) is 4.52. The van der Waals surface area contributed by atoms with Crippen LogP contribution in [0.1, 0.15) is 23.2 Å². The maximum absolute atomic E-state index is 12.3. The van der Waals surface area contributed by atoms with Crippen LogP contribution in [0.3, 0.4) is 0 Å². The number of likely N-dealkylation sites (tertiary alicyclic amines) is 1. The topological polar surface area (TPSA) is 68.5 Å². The minimum Gasteiger partial charge on any atom is -0.482 e. The number of rotatable bonds is 6. The third kappa shape index (κ3) is 4.29. The van der Waals surface area contributed by atoms with Crippen molar-refractivity contribution in [3.05, 3.63) is 75.9 Å². The van der Waals surface area contributed by atoms with Crippen molar-refractivity contribution >= 4 is 29.1 Å². The maximum Gasteiger partial charge on any atom is 0.260 e. The molecule has 1 saturated heterocycles. The van der Waals surface area contributed by atoms with Crippen LogP contribution in [0, 0.1) is 0 Å². The van der Waals surface area contributed by atoms with E-state index in [4.69, 9.17) is 32.5 Å². The standard InChI is InChI=1S/C20H17Cl2N3O3/c21-15-6-7-17(16(22)9-15)27-12-19(26)25-10-14(11-25)20-23-18(24-28-20)8-13-4-2-1-3-5-13/h1-7,9,14H,8,10-12H2. The van der Waals surface area contributed by atoms with Crippen LogP contribution in [0.5, 0.6) is 5.75 Å². The van der Waals surface area contributed by atoms with Gasteiger partial charge in [-0.3, -0.25) is 4.79 Å². The lowest BCUT2D eigenvalue weighted by Gasteiger charge is -2.36. The van der Waals surface area contributed by atoms with Crippen molar-refractivity contribution < 1.29 is 14.1 Å². The van der Waals surface area contributed by atoms with Gasteiger partial charge in [0.1, 0.15) is 5.75 Å². The highest BCUT2D eigenvalue weighted by Gasteiger charge is 2.35. The molecule has 8 heteroatoms. The number of hydrogen-bond acceptors (Lipinski definition) is 5. The Kier molecular flexibility index (Phi) is 5.50. The second kappa shape index (κ2) is 8.20. The lowest BCUT2D eigenvalue weighted by Crippen LogP contribution is -2.50. The molecule has 1 amide bonds. The van der Waals surface area contributed by atoms with Gasteiger partial charge >= 0.3 is 0 Å². The van der Waals surface area contributed by atoms with Crippen LogP contribution in [0.15, 0.2) is 53.1 Å². The first-order valence-corrected chi connectivity index (χ1v) is 9.56. The zero-order valence-electron chi connectivity index (χ0n) is 14.8. The van der Waals surface area contributed by atoms with Gasteiger partial charge in [0.2, 0.25) is 5.89 Å². The average Bonchev–Trinajstić information content (AvgIpc) is 3.08. The van der Waals surface area contributed by atoms with Crippen LogP contribution >= 0.6 is 23.2 Å². The van der Waals surface area contributed by atoms with Gasteiger partial charge in [0.05, 0.1) is 10.9 Å². The summed E-state index contributed by atoms with van der Waals surface area (Å²) in [5.74, 6) is 1.58. The molecule has 6 nitrogen and oxygen atoms in total. The second-order valence-corrected chi connectivity index (χ2v) is 7.41. The minimum atomic E-state index is -0.119. The summed E-state index contributed by atoms with van der Waals surface area (Å²) in [6.07, 6.45) is 0.620. The monoisotopic (exact) mass is 417 g/mol. The lowest BCUT2D eigenvalue weighted by molar-refractivity contribution is -0.138. The Morgan fingerprint density at radius 3 is 2.71 bits per heavy atom. The Bertz CT molecular complexity index is 972. The van der Waals surface area contributed by atoms with Crippen LogP contribution in [0.25, 0.3) is 0 Å². The SMILES string of the molecule is O=C(COc1ccc(Cl)cc1Cl)N1CC(c2nc(Cc3ccccc3)no2)C1. The van der Waals surface area contributed by atoms with Crippen molar-refractivity contribution in [3.63, 3.8) is 0 Å². The molecule has 0 radical (unpaired) electrons. The van der Waals surface area contributed by atoms with E-state index in [1.807, 2.05) is 30.3 Å². The summed E-state index contributed by atoms with van der Waals surface area (Å²) in [4.78, 5) is 18.4. The predicted molar refractivity (Wildman–Crippen MR) is 105 cm³/mol. The van der Waals surface area contributed by atoms with Gasteiger partial charge in [-0.15, -0.1) is 0 Å². The van der Waals surface area contributed by atoms with Gasteiger partial charge in [0, 0.05) is 24.5 Å². The average molecular weight is 418 g/mol. The smallest absolute Gasteiger partial charge is 0.260 e. The van der Waals surface area contributed by atoms with E-state index in [2.05, 4.69) is 10.1 Å². The second-order valence-electron chi connectivity index (χ2n) is 6.57. The number of nitrogens with zero attached hydrogens (tertiary/aromatic N) is 3. The summed E-state index contributed by atoms with van der Waals surface area (Å²) < 4.78 is 10.9. The maximum atomic E-state index is 12.3. The van der Waals surface area contributed by atoms with Crippen LogP contribution < -0.4 is 4.74 Å². The Morgan fingerprint density at radius 2 is 1.96 bits per heavy atom. The molecule has 0 aliphatic carbocycles. The summed E-state index contributed by atoms with van der Waals surface area (Å²) in [6.45, 7) is 0.976. The molecule has 0 spiro atoms. The van der Waals surface area contributed by atoms with Crippen molar-refractivity contribution in [2.24, 2.45) is 0 Å². The summed E-state index contributed by atoms with van der Waals surface area (Å²) in [5.41, 5.74) is 1.12. The number of carbonyl (C=O) groups is 1. The Labute approximate surface area is 172 Å². The van der Waals surface area contributed by atoms with E-state index in [-0.39, 0.29) is 18.4 Å². The van der Waals surface area contributed by atoms with Crippen LogP contribution in [0.2, 0.25) is 10.0 Å². The molecule has 0 atom stereocenters. The van der Waals surface area contributed by atoms with Crippen molar-refractivity contribution in [3.8, 4) is 5.75 Å². The van der Waals surface area contributed by atoms with Gasteiger partial charge in [0.15, 0.2) is 12.4 Å². The predicted octanol–water partition coefficient (Wildman–Crippen LogP) is 3.97. The van der Waals surface area contributed by atoms with E-state index in [1.165, 1.54) is 0 Å². The molecule has 1 fully saturated rings. The van der Waals surface area contributed by atoms with Gasteiger partial charge in [-0.1, -0.05) is 58.7 Å². The summed E-state index contributed by atoms with van der Waals surface area (Å²) in [7, 11) is 0. The fraction of sp³-hybridized carbons (Fsp3) is 0.250. The van der Waals surface area contributed by atoms with Gasteiger partial charge in [-0.25, -0.2) is 0 Å². The summed E-state index contributed by atoms with van der Waals surface area (Å²) in [6, 6.07) is 14.8. The molecule has 2 heterocycles. The van der Waals surface area contributed by atoms with E-state index in [0.29, 0.717) is 47.0 Å². The van der Waals surface area contributed by atoms with E-state index in [0.717, 1.165) is 5.56 Å². The fourth-order valence-corrected chi connectivity index (χ4v) is 3.41. The molecular weight excluding hydrogens is 401 g/mol. The molecule has 0 bridgehead atoms. The van der Waals surface area contributed by atoms with Gasteiger partial charge < -0.3 is 14.2 Å². The fourth-order valence-electron chi connectivity index (χ4n) is 2.94. The highest BCUT2D eigenvalue weighted by atomic mass is 35.5. The van der Waals surface area contributed by atoms with E-state index >= 15 is 0 Å². The molecule has 2 aromatic carbocycles. The number of carbonyl (C=O) groups excluding carboxylic acids is 1. The molecule has 3 aromatic rings. The van der Waals surface area contributed by atoms with Crippen molar-refractivity contribution in [2.75, 3.05) is 19.7 Å². The molecule has 144 valence electrons. The molecule has 28 heavy (non-hydrogen) atoms. The van der Waals surface area contributed by atoms with E-state index in [1.54, 1.807) is 23.1 Å². The number of ether oxygens (including phenoxy) is 1. The first-order valence-electron chi connectivity index (χ1n) is 8.80. The Morgan fingerprint density at radius 1 is 1.18 bits per heavy atom. The zero-order chi connectivity index (χ0) is 19.5. The van der Waals surface area contributed by atoms with Crippen LogP contribution in [-0.4, -0.2) is 40.6 Å². The zero-order valence-corrected chi connectivity index (χ0v) is 16.4. The van der Waals surface area contributed by atoms with Crippen LogP contribution in [-0.2, 0) is 11.2 Å². The van der Waals surface area contributed by atoms with Gasteiger partial charge in [-0.05, 0) is 23.8 Å². The first kappa shape index (κ1) is 18.8. The Hall–Kier alpha value is -2.57. The highest BCUT2D eigenvalue weighted by Crippen LogP contribution is 2.29. The number of halogens is 2.